The van der Waals surface area contributed by atoms with Crippen molar-refractivity contribution in [3.8, 4) is 0 Å². The lowest BCUT2D eigenvalue weighted by Crippen LogP contribution is -2.55. The number of hydrogen-bond donors (Lipinski definition) is 0. The quantitative estimate of drug-likeness (QED) is 0.0777. The van der Waals surface area contributed by atoms with Gasteiger partial charge < -0.3 is 28.6 Å². The average molecular weight is 562 g/mol. The van der Waals surface area contributed by atoms with E-state index in [0.717, 1.165) is 25.7 Å². The van der Waals surface area contributed by atoms with Gasteiger partial charge in [-0.25, -0.2) is 0 Å². The summed E-state index contributed by atoms with van der Waals surface area (Å²) in [5.74, 6) is -1.98. The first-order valence-electron chi connectivity index (χ1n) is 14.3. The van der Waals surface area contributed by atoms with E-state index in [2.05, 4.69) is 49.5 Å². The van der Waals surface area contributed by atoms with Crippen LogP contribution < -0.4 is 5.11 Å². The number of hydrogen-bond acceptors (Lipinski definition) is 7. The number of carbonyl (C=O) groups excluding carboxylic acids is 3. The zero-order chi connectivity index (χ0) is 30.1. The number of rotatable bonds is 23. The fourth-order valence-electron chi connectivity index (χ4n) is 3.47. The molecule has 2 atom stereocenters. The number of likely N-dealkylation sites (N-methyl/N-ethyl adjacent to an activating group) is 1. The molecule has 2 unspecified atom stereocenters. The highest BCUT2D eigenvalue weighted by atomic mass is 16.6. The molecule has 0 saturated carbocycles. The van der Waals surface area contributed by atoms with E-state index in [-0.39, 0.29) is 49.5 Å². The van der Waals surface area contributed by atoms with Gasteiger partial charge in [-0.3, -0.25) is 9.59 Å². The highest BCUT2D eigenvalue weighted by molar-refractivity contribution is 5.71. The Kier molecular flexibility index (Phi) is 22.1. The van der Waals surface area contributed by atoms with Gasteiger partial charge in [-0.1, -0.05) is 74.6 Å². The minimum Gasteiger partial charge on any atom is -0.544 e. The van der Waals surface area contributed by atoms with E-state index in [4.69, 9.17) is 14.2 Å². The summed E-state index contributed by atoms with van der Waals surface area (Å²) in [6.45, 7) is 4.01. The molecule has 0 aromatic heterocycles. The summed E-state index contributed by atoms with van der Waals surface area (Å²) < 4.78 is 16.5. The molecule has 0 saturated heterocycles. The largest absolute Gasteiger partial charge is 0.544 e. The number of ether oxygens (including phenoxy) is 3. The molecule has 8 nitrogen and oxygen atoms in total. The SMILES string of the molecule is CC/C=C\C/C=C\C/C=C\C/C=C\C/C=C\CC(=O)OC(COCCC(C(=O)[O-])[N+](C)(C)C)COC(=O)CCC. The van der Waals surface area contributed by atoms with E-state index in [1.807, 2.05) is 19.1 Å². The van der Waals surface area contributed by atoms with E-state index >= 15 is 0 Å². The van der Waals surface area contributed by atoms with Crippen molar-refractivity contribution in [3.05, 3.63) is 60.8 Å². The molecule has 226 valence electrons. The highest BCUT2D eigenvalue weighted by Gasteiger charge is 2.25. The summed E-state index contributed by atoms with van der Waals surface area (Å²) >= 11 is 0. The fraction of sp³-hybridized carbons (Fsp3) is 0.594. The van der Waals surface area contributed by atoms with Crippen molar-refractivity contribution in [2.75, 3.05) is 41.0 Å². The van der Waals surface area contributed by atoms with E-state index in [9.17, 15) is 19.5 Å². The van der Waals surface area contributed by atoms with Crippen LogP contribution in [-0.4, -0.2) is 75.5 Å². The van der Waals surface area contributed by atoms with E-state index < -0.39 is 24.1 Å². The Hall–Kier alpha value is -2.97. The number of aliphatic carboxylic acids is 1. The first kappa shape index (κ1) is 37.0. The minimum absolute atomic E-state index is 0.00623. The number of quaternary nitrogens is 1. The first-order chi connectivity index (χ1) is 19.1. The van der Waals surface area contributed by atoms with Gasteiger partial charge in [-0.15, -0.1) is 0 Å². The Labute approximate surface area is 241 Å². The number of carboxylic acids is 1. The van der Waals surface area contributed by atoms with Gasteiger partial charge in [-0.2, -0.15) is 0 Å². The molecule has 0 aliphatic heterocycles. The van der Waals surface area contributed by atoms with Crippen LogP contribution in [0.15, 0.2) is 60.8 Å². The van der Waals surface area contributed by atoms with Crippen molar-refractivity contribution in [1.82, 2.24) is 0 Å². The third-order valence-electron chi connectivity index (χ3n) is 5.67. The maximum absolute atomic E-state index is 12.3. The molecular formula is C32H51NO7. The standard InChI is InChI=1S/C32H51NO7/c1-6-8-9-10-11-12-13-14-15-16-17-18-19-20-21-23-31(35)40-28(27-39-30(34)22-7-2)26-38-25-24-29(32(36)37)33(3,4)5/h8-9,11-12,14-15,17-18,20-21,28-29H,6-7,10,13,16,19,22-27H2,1-5H3/b9-8-,12-11-,15-14-,18-17-,21-20-. The highest BCUT2D eigenvalue weighted by Crippen LogP contribution is 2.08. The molecule has 8 heteroatoms. The lowest BCUT2D eigenvalue weighted by molar-refractivity contribution is -0.889. The molecule has 0 bridgehead atoms. The fourth-order valence-corrected chi connectivity index (χ4v) is 3.47. The smallest absolute Gasteiger partial charge is 0.310 e. The van der Waals surface area contributed by atoms with Gasteiger partial charge in [0.25, 0.3) is 0 Å². The predicted octanol–water partition coefficient (Wildman–Crippen LogP) is 4.61. The predicted molar refractivity (Wildman–Crippen MR) is 157 cm³/mol. The number of nitrogens with zero attached hydrogens (tertiary/aromatic N) is 1. The molecule has 0 spiro atoms. The van der Waals surface area contributed by atoms with Gasteiger partial charge in [-0.05, 0) is 38.5 Å². The Balaban J connectivity index is 4.47. The van der Waals surface area contributed by atoms with Crippen molar-refractivity contribution >= 4 is 17.9 Å². The molecule has 0 aromatic carbocycles. The van der Waals surface area contributed by atoms with Crippen LogP contribution >= 0.6 is 0 Å². The van der Waals surface area contributed by atoms with Crippen LogP contribution in [-0.2, 0) is 28.6 Å². The number of allylic oxidation sites excluding steroid dienone is 9. The van der Waals surface area contributed by atoms with E-state index in [1.165, 1.54) is 0 Å². The third-order valence-corrected chi connectivity index (χ3v) is 5.67. The summed E-state index contributed by atoms with van der Waals surface area (Å²) in [6, 6.07) is -0.737. The Morgan fingerprint density at radius 3 is 1.75 bits per heavy atom. The summed E-state index contributed by atoms with van der Waals surface area (Å²) in [4.78, 5) is 35.5. The molecule has 0 N–H and O–H groups in total. The number of carboxylic acid groups (broad SMARTS) is 1. The van der Waals surface area contributed by atoms with Gasteiger partial charge in [0.2, 0.25) is 0 Å². The monoisotopic (exact) mass is 561 g/mol. The first-order valence-corrected chi connectivity index (χ1v) is 14.3. The van der Waals surface area contributed by atoms with Gasteiger partial charge in [0.05, 0.1) is 46.7 Å². The van der Waals surface area contributed by atoms with Crippen LogP contribution in [0, 0.1) is 0 Å². The maximum atomic E-state index is 12.3. The van der Waals surface area contributed by atoms with Crippen LogP contribution in [0.4, 0.5) is 0 Å². The molecule has 0 aliphatic carbocycles. The average Bonchev–Trinajstić information content (AvgIpc) is 2.88. The van der Waals surface area contributed by atoms with Crippen molar-refractivity contribution < 1.29 is 38.2 Å². The second kappa shape index (κ2) is 23.9. The van der Waals surface area contributed by atoms with Crippen molar-refractivity contribution in [2.24, 2.45) is 0 Å². The molecule has 0 heterocycles. The zero-order valence-corrected chi connectivity index (χ0v) is 25.2. The molecule has 40 heavy (non-hydrogen) atoms. The lowest BCUT2D eigenvalue weighted by Gasteiger charge is -2.34. The molecular weight excluding hydrogens is 510 g/mol. The molecule has 0 aliphatic rings. The lowest BCUT2D eigenvalue weighted by atomic mass is 10.1. The van der Waals surface area contributed by atoms with Gasteiger partial charge >= 0.3 is 11.9 Å². The summed E-state index contributed by atoms with van der Waals surface area (Å²) in [5, 5.41) is 11.4. The van der Waals surface area contributed by atoms with Gasteiger partial charge in [0, 0.05) is 12.8 Å². The molecule has 0 radical (unpaired) electrons. The number of esters is 2. The Morgan fingerprint density at radius 1 is 0.750 bits per heavy atom. The summed E-state index contributed by atoms with van der Waals surface area (Å²) in [7, 11) is 5.31. The Morgan fingerprint density at radius 2 is 1.27 bits per heavy atom. The van der Waals surface area contributed by atoms with Crippen LogP contribution in [0.3, 0.4) is 0 Å². The topological polar surface area (TPSA) is 102 Å². The second-order valence-electron chi connectivity index (χ2n) is 10.3. The zero-order valence-electron chi connectivity index (χ0n) is 25.2. The van der Waals surface area contributed by atoms with Crippen molar-refractivity contribution in [2.45, 2.75) is 83.8 Å². The minimum atomic E-state index is -1.15. The van der Waals surface area contributed by atoms with E-state index in [1.54, 1.807) is 27.2 Å². The molecule has 0 fully saturated rings. The van der Waals surface area contributed by atoms with Gasteiger partial charge in [0.1, 0.15) is 12.6 Å². The third kappa shape index (κ3) is 21.9. The second-order valence-corrected chi connectivity index (χ2v) is 10.3. The maximum Gasteiger partial charge on any atom is 0.310 e. The molecule has 0 aromatic rings. The van der Waals surface area contributed by atoms with Crippen LogP contribution in [0.25, 0.3) is 0 Å². The van der Waals surface area contributed by atoms with Crippen molar-refractivity contribution in [3.63, 3.8) is 0 Å². The van der Waals surface area contributed by atoms with Gasteiger partial charge in [0.15, 0.2) is 6.10 Å². The summed E-state index contributed by atoms with van der Waals surface area (Å²) in [6.07, 6.45) is 25.7. The van der Waals surface area contributed by atoms with Crippen LogP contribution in [0.1, 0.15) is 71.6 Å². The van der Waals surface area contributed by atoms with Crippen LogP contribution in [0.5, 0.6) is 0 Å². The van der Waals surface area contributed by atoms with Crippen molar-refractivity contribution in [1.29, 1.82) is 0 Å². The molecule has 0 amide bonds. The van der Waals surface area contributed by atoms with E-state index in [0.29, 0.717) is 12.8 Å². The van der Waals surface area contributed by atoms with Crippen LogP contribution in [0.2, 0.25) is 0 Å². The normalized spacial score (nSPS) is 14.1. The Bertz CT molecular complexity index is 850. The molecule has 0 rings (SSSR count). The summed E-state index contributed by atoms with van der Waals surface area (Å²) in [5.41, 5.74) is 0. The number of carbonyl (C=O) groups is 3.